The van der Waals surface area contributed by atoms with Gasteiger partial charge in [-0.25, -0.2) is 0 Å². The molecule has 1 aromatic rings. The van der Waals surface area contributed by atoms with Crippen LogP contribution in [0.5, 0.6) is 0 Å². The number of esters is 1. The van der Waals surface area contributed by atoms with Gasteiger partial charge in [0.2, 0.25) is 0 Å². The third-order valence-corrected chi connectivity index (χ3v) is 2.33. The zero-order chi connectivity index (χ0) is 11.4. The van der Waals surface area contributed by atoms with Crippen LogP contribution < -0.4 is 0 Å². The van der Waals surface area contributed by atoms with Gasteiger partial charge in [0, 0.05) is 5.02 Å². The van der Waals surface area contributed by atoms with E-state index in [1.807, 2.05) is 13.0 Å². The van der Waals surface area contributed by atoms with Gasteiger partial charge in [-0.3, -0.25) is 4.79 Å². The Labute approximate surface area is 93.2 Å². The van der Waals surface area contributed by atoms with E-state index in [1.165, 1.54) is 7.11 Å². The summed E-state index contributed by atoms with van der Waals surface area (Å²) in [6.07, 6.45) is 0.0996. The van der Waals surface area contributed by atoms with E-state index in [0.29, 0.717) is 16.1 Å². The number of hydrogen-bond donors (Lipinski definition) is 0. The summed E-state index contributed by atoms with van der Waals surface area (Å²) < 4.78 is 4.56. The molecule has 0 saturated heterocycles. The zero-order valence-corrected chi connectivity index (χ0v) is 9.26. The Kier molecular flexibility index (Phi) is 3.70. The highest BCUT2D eigenvalue weighted by Crippen LogP contribution is 2.20. The van der Waals surface area contributed by atoms with Crippen LogP contribution in [0.15, 0.2) is 12.1 Å². The average Bonchev–Trinajstić information content (AvgIpc) is 2.21. The van der Waals surface area contributed by atoms with Gasteiger partial charge in [0.15, 0.2) is 0 Å². The second kappa shape index (κ2) is 4.81. The summed E-state index contributed by atoms with van der Waals surface area (Å²) in [5.41, 5.74) is 1.92. The van der Waals surface area contributed by atoms with E-state index >= 15 is 0 Å². The Morgan fingerprint density at radius 3 is 2.80 bits per heavy atom. The van der Waals surface area contributed by atoms with E-state index in [9.17, 15) is 4.79 Å². The standard InChI is InChI=1S/C11H10ClNO2/c1-7-3-9(12)4-8(6-13)10(7)5-11(14)15-2/h3-4H,5H2,1-2H3. The van der Waals surface area contributed by atoms with Gasteiger partial charge in [-0.15, -0.1) is 0 Å². The minimum atomic E-state index is -0.364. The largest absolute Gasteiger partial charge is 0.469 e. The van der Waals surface area contributed by atoms with Crippen molar-refractivity contribution >= 4 is 17.6 Å². The summed E-state index contributed by atoms with van der Waals surface area (Å²) in [7, 11) is 1.32. The van der Waals surface area contributed by atoms with E-state index in [4.69, 9.17) is 16.9 Å². The summed E-state index contributed by atoms with van der Waals surface area (Å²) in [5, 5.41) is 9.39. The molecule has 0 unspecified atom stereocenters. The van der Waals surface area contributed by atoms with Crippen molar-refractivity contribution in [2.75, 3.05) is 7.11 Å². The minimum absolute atomic E-state index is 0.0996. The quantitative estimate of drug-likeness (QED) is 0.723. The summed E-state index contributed by atoms with van der Waals surface area (Å²) in [4.78, 5) is 11.1. The first kappa shape index (κ1) is 11.5. The first-order chi connectivity index (χ1) is 7.08. The first-order valence-corrected chi connectivity index (χ1v) is 4.72. The summed E-state index contributed by atoms with van der Waals surface area (Å²) in [6.45, 7) is 1.81. The highest BCUT2D eigenvalue weighted by molar-refractivity contribution is 6.30. The predicted octanol–water partition coefficient (Wildman–Crippen LogP) is 2.24. The molecule has 15 heavy (non-hydrogen) atoms. The van der Waals surface area contributed by atoms with Gasteiger partial charge in [-0.1, -0.05) is 11.6 Å². The third kappa shape index (κ3) is 2.71. The summed E-state index contributed by atoms with van der Waals surface area (Å²) in [5.74, 6) is -0.364. The number of nitrogens with zero attached hydrogens (tertiary/aromatic N) is 1. The monoisotopic (exact) mass is 223 g/mol. The number of halogens is 1. The minimum Gasteiger partial charge on any atom is -0.469 e. The number of rotatable bonds is 2. The molecule has 0 fully saturated rings. The highest BCUT2D eigenvalue weighted by Gasteiger charge is 2.11. The fourth-order valence-corrected chi connectivity index (χ4v) is 1.60. The van der Waals surface area contributed by atoms with Crippen LogP contribution in [0.25, 0.3) is 0 Å². The van der Waals surface area contributed by atoms with Crippen molar-refractivity contribution < 1.29 is 9.53 Å². The molecule has 0 amide bonds. The van der Waals surface area contributed by atoms with E-state index < -0.39 is 0 Å². The average molecular weight is 224 g/mol. The van der Waals surface area contributed by atoms with Crippen LogP contribution in [-0.4, -0.2) is 13.1 Å². The van der Waals surface area contributed by atoms with Crippen molar-refractivity contribution in [1.29, 1.82) is 5.26 Å². The van der Waals surface area contributed by atoms with Gasteiger partial charge < -0.3 is 4.74 Å². The molecule has 0 aliphatic carbocycles. The Balaban J connectivity index is 3.17. The highest BCUT2D eigenvalue weighted by atomic mass is 35.5. The normalized spacial score (nSPS) is 9.47. The van der Waals surface area contributed by atoms with Crippen LogP contribution in [0.2, 0.25) is 5.02 Å². The topological polar surface area (TPSA) is 50.1 Å². The lowest BCUT2D eigenvalue weighted by atomic mass is 10.00. The molecule has 0 radical (unpaired) electrons. The van der Waals surface area contributed by atoms with Crippen LogP contribution >= 0.6 is 11.6 Å². The maximum Gasteiger partial charge on any atom is 0.310 e. The molecular weight excluding hydrogens is 214 g/mol. The van der Waals surface area contributed by atoms with Gasteiger partial charge in [0.05, 0.1) is 25.2 Å². The third-order valence-electron chi connectivity index (χ3n) is 2.11. The van der Waals surface area contributed by atoms with Crippen molar-refractivity contribution in [3.63, 3.8) is 0 Å². The van der Waals surface area contributed by atoms with Crippen LogP contribution in [0.4, 0.5) is 0 Å². The van der Waals surface area contributed by atoms with Gasteiger partial charge >= 0.3 is 5.97 Å². The van der Waals surface area contributed by atoms with Crippen molar-refractivity contribution in [3.8, 4) is 6.07 Å². The van der Waals surface area contributed by atoms with Crippen molar-refractivity contribution in [2.24, 2.45) is 0 Å². The molecule has 0 atom stereocenters. The van der Waals surface area contributed by atoms with Gasteiger partial charge in [0.25, 0.3) is 0 Å². The number of ether oxygens (including phenoxy) is 1. The number of carbonyl (C=O) groups is 1. The first-order valence-electron chi connectivity index (χ1n) is 4.34. The van der Waals surface area contributed by atoms with E-state index in [-0.39, 0.29) is 12.4 Å². The molecule has 0 saturated carbocycles. The molecule has 3 nitrogen and oxygen atoms in total. The molecule has 0 aliphatic heterocycles. The number of aryl methyl sites for hydroxylation is 1. The second-order valence-electron chi connectivity index (χ2n) is 3.11. The number of benzene rings is 1. The molecule has 78 valence electrons. The van der Waals surface area contributed by atoms with E-state index in [2.05, 4.69) is 4.74 Å². The molecule has 4 heteroatoms. The lowest BCUT2D eigenvalue weighted by Crippen LogP contribution is -2.07. The second-order valence-corrected chi connectivity index (χ2v) is 3.55. The number of carbonyl (C=O) groups excluding carboxylic acids is 1. The van der Waals surface area contributed by atoms with Crippen LogP contribution in [-0.2, 0) is 16.0 Å². The Hall–Kier alpha value is -1.53. The van der Waals surface area contributed by atoms with Crippen molar-refractivity contribution in [2.45, 2.75) is 13.3 Å². The fraction of sp³-hybridized carbons (Fsp3) is 0.273. The fourth-order valence-electron chi connectivity index (χ4n) is 1.32. The number of nitriles is 1. The van der Waals surface area contributed by atoms with Crippen LogP contribution in [0, 0.1) is 18.3 Å². The van der Waals surface area contributed by atoms with Gasteiger partial charge in [-0.05, 0) is 30.2 Å². The summed E-state index contributed by atoms with van der Waals surface area (Å²) >= 11 is 5.80. The molecule has 0 aromatic heterocycles. The SMILES string of the molecule is COC(=O)Cc1c(C)cc(Cl)cc1C#N. The van der Waals surface area contributed by atoms with Crippen LogP contribution in [0.1, 0.15) is 16.7 Å². The molecule has 0 aliphatic rings. The number of hydrogen-bond acceptors (Lipinski definition) is 3. The molecule has 1 aromatic carbocycles. The molecule has 0 N–H and O–H groups in total. The van der Waals surface area contributed by atoms with Crippen molar-refractivity contribution in [3.05, 3.63) is 33.8 Å². The lowest BCUT2D eigenvalue weighted by molar-refractivity contribution is -0.139. The molecular formula is C11H10ClNO2. The van der Waals surface area contributed by atoms with Gasteiger partial charge in [-0.2, -0.15) is 5.26 Å². The maximum atomic E-state index is 11.1. The zero-order valence-electron chi connectivity index (χ0n) is 8.50. The molecule has 0 bridgehead atoms. The molecule has 0 heterocycles. The van der Waals surface area contributed by atoms with Crippen LogP contribution in [0.3, 0.4) is 0 Å². The van der Waals surface area contributed by atoms with E-state index in [0.717, 1.165) is 5.56 Å². The smallest absolute Gasteiger partial charge is 0.310 e. The lowest BCUT2D eigenvalue weighted by Gasteiger charge is -2.07. The summed E-state index contributed by atoms with van der Waals surface area (Å²) in [6, 6.07) is 5.29. The Bertz CT molecular complexity index is 435. The maximum absolute atomic E-state index is 11.1. The van der Waals surface area contributed by atoms with E-state index in [1.54, 1.807) is 12.1 Å². The predicted molar refractivity (Wildman–Crippen MR) is 56.6 cm³/mol. The Morgan fingerprint density at radius 1 is 1.60 bits per heavy atom. The Morgan fingerprint density at radius 2 is 2.27 bits per heavy atom. The molecule has 0 spiro atoms. The number of methoxy groups -OCH3 is 1. The van der Waals surface area contributed by atoms with Gasteiger partial charge in [0.1, 0.15) is 0 Å². The molecule has 1 rings (SSSR count). The van der Waals surface area contributed by atoms with Crippen molar-refractivity contribution in [1.82, 2.24) is 0 Å².